The van der Waals surface area contributed by atoms with Crippen molar-refractivity contribution in [1.29, 1.82) is 0 Å². The number of carbonyl (C=O) groups excluding carboxylic acids is 3. The summed E-state index contributed by atoms with van der Waals surface area (Å²) in [5.74, 6) is -0.543. The van der Waals surface area contributed by atoms with Gasteiger partial charge in [-0.2, -0.15) is 0 Å². The minimum absolute atomic E-state index is 0.00212. The van der Waals surface area contributed by atoms with Crippen LogP contribution in [0.5, 0.6) is 0 Å². The van der Waals surface area contributed by atoms with Crippen molar-refractivity contribution in [2.75, 3.05) is 25.1 Å². The molecule has 6 nitrogen and oxygen atoms in total. The molecule has 0 bridgehead atoms. The average Bonchev–Trinajstić information content (AvgIpc) is 2.81. The van der Waals surface area contributed by atoms with Crippen molar-refractivity contribution in [3.8, 4) is 0 Å². The van der Waals surface area contributed by atoms with E-state index in [-0.39, 0.29) is 30.1 Å². The number of nitrogens with one attached hydrogen (secondary N) is 1. The van der Waals surface area contributed by atoms with Gasteiger partial charge in [0, 0.05) is 12.1 Å². The highest BCUT2D eigenvalue weighted by Crippen LogP contribution is 2.29. The second-order valence-corrected chi connectivity index (χ2v) is 6.86. The van der Waals surface area contributed by atoms with Crippen LogP contribution in [0.4, 0.5) is 10.5 Å². The first-order chi connectivity index (χ1) is 11.4. The van der Waals surface area contributed by atoms with E-state index in [0.29, 0.717) is 5.69 Å². The Balaban J connectivity index is 1.93. The first-order valence-electron chi connectivity index (χ1n) is 8.05. The molecule has 1 atom stereocenters. The molecule has 1 N–H and O–H groups in total. The van der Waals surface area contributed by atoms with Crippen molar-refractivity contribution >= 4 is 34.5 Å². The SMILES string of the molecule is CCN(CC)CN1C(=O)SC(CC(=O)Nc2ccc(C)cc2)C1=O. The van der Waals surface area contributed by atoms with Crippen molar-refractivity contribution in [2.45, 2.75) is 32.4 Å². The minimum Gasteiger partial charge on any atom is -0.326 e. The zero-order chi connectivity index (χ0) is 17.7. The first-order valence-corrected chi connectivity index (χ1v) is 8.93. The molecule has 1 aromatic carbocycles. The van der Waals surface area contributed by atoms with Crippen LogP contribution in [0.2, 0.25) is 0 Å². The number of amides is 3. The number of thioether (sulfide) groups is 1. The standard InChI is InChI=1S/C17H23N3O3S/c1-4-19(5-2)11-20-16(22)14(24-17(20)23)10-15(21)18-13-8-6-12(3)7-9-13/h6-9,14H,4-5,10-11H2,1-3H3,(H,18,21). The first kappa shape index (κ1) is 18.5. The van der Waals surface area contributed by atoms with Gasteiger partial charge in [-0.1, -0.05) is 43.3 Å². The maximum Gasteiger partial charge on any atom is 0.290 e. The number of nitrogens with zero attached hydrogens (tertiary/aromatic N) is 2. The fraction of sp³-hybridized carbons (Fsp3) is 0.471. The van der Waals surface area contributed by atoms with Crippen LogP contribution in [-0.4, -0.2) is 51.9 Å². The van der Waals surface area contributed by atoms with E-state index in [1.54, 1.807) is 0 Å². The summed E-state index contributed by atoms with van der Waals surface area (Å²) in [6, 6.07) is 7.43. The maximum absolute atomic E-state index is 12.4. The number of hydrogen-bond acceptors (Lipinski definition) is 5. The van der Waals surface area contributed by atoms with Gasteiger partial charge in [-0.25, -0.2) is 0 Å². The van der Waals surface area contributed by atoms with E-state index in [1.165, 1.54) is 4.90 Å². The van der Waals surface area contributed by atoms with Gasteiger partial charge in [0.05, 0.1) is 6.67 Å². The molecule has 1 fully saturated rings. The van der Waals surface area contributed by atoms with Crippen molar-refractivity contribution in [3.05, 3.63) is 29.8 Å². The molecule has 7 heteroatoms. The fourth-order valence-corrected chi connectivity index (χ4v) is 3.38. The predicted octanol–water partition coefficient (Wildman–Crippen LogP) is 2.69. The van der Waals surface area contributed by atoms with Gasteiger partial charge in [0.15, 0.2) is 0 Å². The van der Waals surface area contributed by atoms with Gasteiger partial charge in [-0.05, 0) is 32.1 Å². The average molecular weight is 349 g/mol. The quantitative estimate of drug-likeness (QED) is 0.819. The van der Waals surface area contributed by atoms with Crippen molar-refractivity contribution < 1.29 is 14.4 Å². The second-order valence-electron chi connectivity index (χ2n) is 5.70. The van der Waals surface area contributed by atoms with Crippen LogP contribution in [0, 0.1) is 6.92 Å². The zero-order valence-corrected chi connectivity index (χ0v) is 15.1. The molecular formula is C17H23N3O3S. The highest BCUT2D eigenvalue weighted by atomic mass is 32.2. The van der Waals surface area contributed by atoms with E-state index in [4.69, 9.17) is 0 Å². The van der Waals surface area contributed by atoms with Gasteiger partial charge < -0.3 is 5.32 Å². The van der Waals surface area contributed by atoms with Crippen LogP contribution in [-0.2, 0) is 9.59 Å². The van der Waals surface area contributed by atoms with Crippen LogP contribution in [0.1, 0.15) is 25.8 Å². The molecule has 0 aromatic heterocycles. The van der Waals surface area contributed by atoms with Gasteiger partial charge in [-0.3, -0.25) is 24.2 Å². The van der Waals surface area contributed by atoms with Crippen LogP contribution >= 0.6 is 11.8 Å². The number of carbonyl (C=O) groups is 3. The summed E-state index contributed by atoms with van der Waals surface area (Å²) in [6.07, 6.45) is -0.00212. The van der Waals surface area contributed by atoms with Crippen molar-refractivity contribution in [2.24, 2.45) is 0 Å². The summed E-state index contributed by atoms with van der Waals surface area (Å²) in [7, 11) is 0. The lowest BCUT2D eigenvalue weighted by Crippen LogP contribution is -2.42. The lowest BCUT2D eigenvalue weighted by atomic mass is 10.2. The lowest BCUT2D eigenvalue weighted by molar-refractivity contribution is -0.130. The van der Waals surface area contributed by atoms with Crippen LogP contribution in [0.15, 0.2) is 24.3 Å². The number of hydrogen-bond donors (Lipinski definition) is 1. The molecule has 1 aromatic rings. The summed E-state index contributed by atoms with van der Waals surface area (Å²) < 4.78 is 0. The minimum atomic E-state index is -0.640. The normalized spacial score (nSPS) is 17.7. The Kier molecular flexibility index (Phi) is 6.39. The number of imide groups is 1. The summed E-state index contributed by atoms with van der Waals surface area (Å²) in [5.41, 5.74) is 1.79. The topological polar surface area (TPSA) is 69.7 Å². The van der Waals surface area contributed by atoms with E-state index in [9.17, 15) is 14.4 Å². The Hall–Kier alpha value is -1.86. The van der Waals surface area contributed by atoms with Crippen LogP contribution in [0.25, 0.3) is 0 Å². The highest BCUT2D eigenvalue weighted by molar-refractivity contribution is 8.15. The zero-order valence-electron chi connectivity index (χ0n) is 14.2. The molecule has 0 saturated carbocycles. The Morgan fingerprint density at radius 2 is 1.83 bits per heavy atom. The Bertz CT molecular complexity index is 614. The van der Waals surface area contributed by atoms with Gasteiger partial charge >= 0.3 is 0 Å². The molecule has 130 valence electrons. The van der Waals surface area contributed by atoms with E-state index < -0.39 is 5.25 Å². The van der Waals surface area contributed by atoms with Crippen LogP contribution in [0.3, 0.4) is 0 Å². The number of rotatable bonds is 7. The van der Waals surface area contributed by atoms with Gasteiger partial charge in [-0.15, -0.1) is 0 Å². The largest absolute Gasteiger partial charge is 0.326 e. The van der Waals surface area contributed by atoms with E-state index in [1.807, 2.05) is 49.9 Å². The molecule has 3 amide bonds. The summed E-state index contributed by atoms with van der Waals surface area (Å²) in [5, 5.41) is 1.85. The Morgan fingerprint density at radius 3 is 2.42 bits per heavy atom. The van der Waals surface area contributed by atoms with Crippen LogP contribution < -0.4 is 5.32 Å². The van der Waals surface area contributed by atoms with E-state index >= 15 is 0 Å². The molecule has 1 saturated heterocycles. The van der Waals surface area contributed by atoms with Gasteiger partial charge in [0.25, 0.3) is 5.24 Å². The molecule has 2 rings (SSSR count). The molecular weight excluding hydrogens is 326 g/mol. The lowest BCUT2D eigenvalue weighted by Gasteiger charge is -2.23. The Morgan fingerprint density at radius 1 is 1.21 bits per heavy atom. The summed E-state index contributed by atoms with van der Waals surface area (Å²) >= 11 is 0.936. The second kappa shape index (κ2) is 8.30. The fourth-order valence-electron chi connectivity index (χ4n) is 2.40. The highest BCUT2D eigenvalue weighted by Gasteiger charge is 2.41. The smallest absolute Gasteiger partial charge is 0.290 e. The molecule has 0 radical (unpaired) electrons. The molecule has 24 heavy (non-hydrogen) atoms. The molecule has 1 aliphatic heterocycles. The molecule has 1 heterocycles. The predicted molar refractivity (Wildman–Crippen MR) is 95.8 cm³/mol. The van der Waals surface area contributed by atoms with Crippen molar-refractivity contribution in [1.82, 2.24) is 9.80 Å². The third-order valence-electron chi connectivity index (χ3n) is 3.95. The molecule has 1 aliphatic rings. The third-order valence-corrected chi connectivity index (χ3v) is 5.02. The molecule has 0 aliphatic carbocycles. The Labute approximate surface area is 146 Å². The van der Waals surface area contributed by atoms with E-state index in [0.717, 1.165) is 30.4 Å². The number of aryl methyl sites for hydroxylation is 1. The monoisotopic (exact) mass is 349 g/mol. The number of benzene rings is 1. The third kappa shape index (κ3) is 4.58. The van der Waals surface area contributed by atoms with Gasteiger partial charge in [0.2, 0.25) is 11.8 Å². The van der Waals surface area contributed by atoms with Gasteiger partial charge in [0.1, 0.15) is 5.25 Å². The summed E-state index contributed by atoms with van der Waals surface area (Å²) in [6.45, 7) is 7.74. The molecule has 0 spiro atoms. The summed E-state index contributed by atoms with van der Waals surface area (Å²) in [4.78, 5) is 39.8. The van der Waals surface area contributed by atoms with E-state index in [2.05, 4.69) is 5.32 Å². The number of anilines is 1. The molecule has 1 unspecified atom stereocenters. The van der Waals surface area contributed by atoms with Crippen molar-refractivity contribution in [3.63, 3.8) is 0 Å². The maximum atomic E-state index is 12.4.